The number of piperazine rings is 1. The van der Waals surface area contributed by atoms with Gasteiger partial charge in [0.1, 0.15) is 17.5 Å². The first-order valence-corrected chi connectivity index (χ1v) is 10.3. The van der Waals surface area contributed by atoms with Gasteiger partial charge in [-0.25, -0.2) is 4.98 Å². The van der Waals surface area contributed by atoms with Gasteiger partial charge in [0.15, 0.2) is 0 Å². The number of pyridine rings is 1. The molecule has 2 heterocycles. The van der Waals surface area contributed by atoms with Gasteiger partial charge in [-0.2, -0.15) is 5.26 Å². The predicted molar refractivity (Wildman–Crippen MR) is 113 cm³/mol. The number of benzene rings is 1. The van der Waals surface area contributed by atoms with Crippen LogP contribution in [0.2, 0.25) is 0 Å². The molecule has 5 heteroatoms. The summed E-state index contributed by atoms with van der Waals surface area (Å²) < 4.78 is 5.84. The Bertz CT molecular complexity index is 744. The highest BCUT2D eigenvalue weighted by atomic mass is 16.5. The molecule has 0 amide bonds. The fraction of sp³-hybridized carbons (Fsp3) is 0.478. The van der Waals surface area contributed by atoms with E-state index in [-0.39, 0.29) is 0 Å². The molecular weight excluding hydrogens is 348 g/mol. The smallest absolute Gasteiger partial charge is 0.140 e. The topological polar surface area (TPSA) is 52.4 Å². The molecule has 0 unspecified atom stereocenters. The molecule has 5 nitrogen and oxygen atoms in total. The highest BCUT2D eigenvalue weighted by Gasteiger charge is 2.17. The predicted octanol–water partition coefficient (Wildman–Crippen LogP) is 4.23. The molecule has 28 heavy (non-hydrogen) atoms. The Morgan fingerprint density at radius 3 is 2.43 bits per heavy atom. The van der Waals surface area contributed by atoms with E-state index >= 15 is 0 Å². The van der Waals surface area contributed by atoms with Gasteiger partial charge in [0, 0.05) is 44.6 Å². The van der Waals surface area contributed by atoms with Gasteiger partial charge in [0.25, 0.3) is 0 Å². The number of nitriles is 1. The molecule has 0 radical (unpaired) electrons. The van der Waals surface area contributed by atoms with E-state index in [4.69, 9.17) is 10.00 Å². The fourth-order valence-electron chi connectivity index (χ4n) is 3.48. The molecule has 0 spiro atoms. The normalized spacial score (nSPS) is 14.6. The van der Waals surface area contributed by atoms with Crippen molar-refractivity contribution in [3.05, 3.63) is 53.9 Å². The maximum absolute atomic E-state index is 8.84. The standard InChI is InChI=1S/C23H30N4O/c1-2-3-4-5-16-28-23-10-8-22(9-11-23)27-14-12-26(13-15-27)19-20-6-7-21(17-24)25-18-20/h6-11,18H,2-5,12-16,19H2,1H3. The minimum atomic E-state index is 0.474. The van der Waals surface area contributed by atoms with E-state index < -0.39 is 0 Å². The molecule has 1 saturated heterocycles. The Balaban J connectivity index is 1.42. The lowest BCUT2D eigenvalue weighted by Gasteiger charge is -2.36. The van der Waals surface area contributed by atoms with Crippen LogP contribution in [-0.4, -0.2) is 42.7 Å². The summed E-state index contributed by atoms with van der Waals surface area (Å²) in [6.07, 6.45) is 6.73. The maximum Gasteiger partial charge on any atom is 0.140 e. The number of hydrogen-bond acceptors (Lipinski definition) is 5. The molecule has 3 rings (SSSR count). The van der Waals surface area contributed by atoms with Gasteiger partial charge >= 0.3 is 0 Å². The van der Waals surface area contributed by atoms with Gasteiger partial charge in [-0.3, -0.25) is 4.90 Å². The Kier molecular flexibility index (Phi) is 7.69. The van der Waals surface area contributed by atoms with Crippen molar-refractivity contribution in [2.75, 3.05) is 37.7 Å². The molecule has 0 bridgehead atoms. The molecule has 1 fully saturated rings. The van der Waals surface area contributed by atoms with Crippen LogP contribution in [0.5, 0.6) is 5.75 Å². The average molecular weight is 379 g/mol. The lowest BCUT2D eigenvalue weighted by molar-refractivity contribution is 0.249. The first kappa shape index (κ1) is 20.2. The molecule has 2 aromatic rings. The van der Waals surface area contributed by atoms with Crippen molar-refractivity contribution in [3.63, 3.8) is 0 Å². The number of nitrogens with zero attached hydrogens (tertiary/aromatic N) is 4. The van der Waals surface area contributed by atoms with E-state index in [1.54, 1.807) is 6.07 Å². The highest BCUT2D eigenvalue weighted by Crippen LogP contribution is 2.21. The van der Waals surface area contributed by atoms with E-state index in [1.165, 1.54) is 24.9 Å². The number of ether oxygens (including phenoxy) is 1. The summed E-state index contributed by atoms with van der Waals surface area (Å²) in [5, 5.41) is 8.84. The quantitative estimate of drug-likeness (QED) is 0.611. The molecule has 0 aliphatic carbocycles. The van der Waals surface area contributed by atoms with Crippen molar-refractivity contribution in [1.29, 1.82) is 5.26 Å². The van der Waals surface area contributed by atoms with E-state index in [2.05, 4.69) is 52.0 Å². The third-order valence-corrected chi connectivity index (χ3v) is 5.19. The van der Waals surface area contributed by atoms with Crippen LogP contribution in [0, 0.1) is 11.3 Å². The molecular formula is C23H30N4O. The monoisotopic (exact) mass is 378 g/mol. The lowest BCUT2D eigenvalue weighted by atomic mass is 10.2. The molecule has 1 aliphatic rings. The second-order valence-corrected chi connectivity index (χ2v) is 7.33. The summed E-state index contributed by atoms with van der Waals surface area (Å²) in [4.78, 5) is 9.03. The van der Waals surface area contributed by atoms with Crippen LogP contribution in [0.25, 0.3) is 0 Å². The summed E-state index contributed by atoms with van der Waals surface area (Å²) in [7, 11) is 0. The van der Waals surface area contributed by atoms with Gasteiger partial charge in [0.05, 0.1) is 6.61 Å². The van der Waals surface area contributed by atoms with Crippen molar-refractivity contribution in [3.8, 4) is 11.8 Å². The number of hydrogen-bond donors (Lipinski definition) is 0. The Morgan fingerprint density at radius 1 is 1.00 bits per heavy atom. The largest absolute Gasteiger partial charge is 0.494 e. The fourth-order valence-corrected chi connectivity index (χ4v) is 3.48. The molecule has 0 saturated carbocycles. The average Bonchev–Trinajstić information content (AvgIpc) is 2.75. The van der Waals surface area contributed by atoms with E-state index in [9.17, 15) is 0 Å². The molecule has 1 aromatic heterocycles. The second kappa shape index (κ2) is 10.7. The van der Waals surface area contributed by atoms with Crippen molar-refractivity contribution < 1.29 is 4.74 Å². The van der Waals surface area contributed by atoms with Gasteiger partial charge in [0.2, 0.25) is 0 Å². The molecule has 1 aromatic carbocycles. The van der Waals surface area contributed by atoms with Gasteiger partial charge in [-0.15, -0.1) is 0 Å². The summed E-state index contributed by atoms with van der Waals surface area (Å²) >= 11 is 0. The van der Waals surface area contributed by atoms with Crippen LogP contribution in [0.1, 0.15) is 43.9 Å². The van der Waals surface area contributed by atoms with Crippen LogP contribution < -0.4 is 9.64 Å². The third kappa shape index (κ3) is 5.97. The minimum Gasteiger partial charge on any atom is -0.494 e. The van der Waals surface area contributed by atoms with Crippen LogP contribution in [0.4, 0.5) is 5.69 Å². The molecule has 148 valence electrons. The van der Waals surface area contributed by atoms with E-state index in [0.29, 0.717) is 5.69 Å². The van der Waals surface area contributed by atoms with Crippen LogP contribution in [0.3, 0.4) is 0 Å². The maximum atomic E-state index is 8.84. The number of rotatable bonds is 9. The van der Waals surface area contributed by atoms with Crippen LogP contribution in [0.15, 0.2) is 42.6 Å². The molecule has 0 N–H and O–H groups in total. The summed E-state index contributed by atoms with van der Waals surface area (Å²) in [6, 6.07) is 14.4. The number of anilines is 1. The zero-order valence-corrected chi connectivity index (χ0v) is 16.8. The zero-order valence-electron chi connectivity index (χ0n) is 16.8. The number of aromatic nitrogens is 1. The first-order valence-electron chi connectivity index (χ1n) is 10.3. The van der Waals surface area contributed by atoms with Crippen LogP contribution >= 0.6 is 0 Å². The van der Waals surface area contributed by atoms with E-state index in [0.717, 1.165) is 57.1 Å². The highest BCUT2D eigenvalue weighted by molar-refractivity contribution is 5.49. The van der Waals surface area contributed by atoms with Gasteiger partial charge < -0.3 is 9.64 Å². The van der Waals surface area contributed by atoms with Crippen molar-refractivity contribution in [1.82, 2.24) is 9.88 Å². The Morgan fingerprint density at radius 2 is 1.79 bits per heavy atom. The van der Waals surface area contributed by atoms with Crippen molar-refractivity contribution in [2.24, 2.45) is 0 Å². The first-order chi connectivity index (χ1) is 13.8. The second-order valence-electron chi connectivity index (χ2n) is 7.33. The third-order valence-electron chi connectivity index (χ3n) is 5.19. The summed E-state index contributed by atoms with van der Waals surface area (Å²) in [5.74, 6) is 0.965. The molecule has 0 atom stereocenters. The van der Waals surface area contributed by atoms with Crippen molar-refractivity contribution >= 4 is 5.69 Å². The van der Waals surface area contributed by atoms with Crippen LogP contribution in [-0.2, 0) is 6.54 Å². The minimum absolute atomic E-state index is 0.474. The van der Waals surface area contributed by atoms with E-state index in [1.807, 2.05) is 12.3 Å². The Hall–Kier alpha value is -2.58. The number of unbranched alkanes of at least 4 members (excludes halogenated alkanes) is 3. The van der Waals surface area contributed by atoms with Gasteiger partial charge in [-0.1, -0.05) is 32.3 Å². The molecule has 1 aliphatic heterocycles. The zero-order chi connectivity index (χ0) is 19.6. The lowest BCUT2D eigenvalue weighted by Crippen LogP contribution is -2.45. The van der Waals surface area contributed by atoms with Gasteiger partial charge in [-0.05, 0) is 42.3 Å². The SMILES string of the molecule is CCCCCCOc1ccc(N2CCN(Cc3ccc(C#N)nc3)CC2)cc1. The van der Waals surface area contributed by atoms with Crippen molar-refractivity contribution in [2.45, 2.75) is 39.2 Å². The summed E-state index contributed by atoms with van der Waals surface area (Å²) in [5.41, 5.74) is 2.90. The Labute approximate surface area is 168 Å². The summed E-state index contributed by atoms with van der Waals surface area (Å²) in [6.45, 7) is 8.00.